The Hall–Kier alpha value is -1.81. The SMILES string of the molecule is Cc1ccc(S(=O)(=O)Oc2ccc(C)cc2C(C)(C)C)cc1. The molecule has 118 valence electrons. The van der Waals surface area contributed by atoms with Crippen molar-refractivity contribution in [3.63, 3.8) is 0 Å². The molecule has 0 atom stereocenters. The molecule has 2 rings (SSSR count). The van der Waals surface area contributed by atoms with Gasteiger partial charge in [0.2, 0.25) is 0 Å². The lowest BCUT2D eigenvalue weighted by molar-refractivity contribution is 0.470. The van der Waals surface area contributed by atoms with E-state index in [2.05, 4.69) is 0 Å². The number of hydrogen-bond donors (Lipinski definition) is 0. The van der Waals surface area contributed by atoms with Gasteiger partial charge in [0.1, 0.15) is 10.6 Å². The fourth-order valence-corrected chi connectivity index (χ4v) is 3.12. The van der Waals surface area contributed by atoms with Crippen LogP contribution in [-0.4, -0.2) is 8.42 Å². The predicted octanol–water partition coefficient (Wildman–Crippen LogP) is 4.37. The monoisotopic (exact) mass is 318 g/mol. The molecule has 0 bridgehead atoms. The third-order valence-corrected chi connectivity index (χ3v) is 4.70. The standard InChI is InChI=1S/C18H22O3S/c1-13-6-9-15(10-7-13)22(19,20)21-17-11-8-14(2)12-16(17)18(3,4)5/h6-12H,1-5H3. The molecule has 4 heteroatoms. The Kier molecular flexibility index (Phi) is 4.34. The van der Waals surface area contributed by atoms with Crippen molar-refractivity contribution >= 4 is 10.1 Å². The van der Waals surface area contributed by atoms with Crippen LogP contribution in [0.25, 0.3) is 0 Å². The van der Waals surface area contributed by atoms with Crippen molar-refractivity contribution in [2.24, 2.45) is 0 Å². The molecule has 3 nitrogen and oxygen atoms in total. The Morgan fingerprint density at radius 3 is 1.95 bits per heavy atom. The van der Waals surface area contributed by atoms with Gasteiger partial charge in [0.15, 0.2) is 0 Å². The van der Waals surface area contributed by atoms with Crippen LogP contribution < -0.4 is 4.18 Å². The van der Waals surface area contributed by atoms with Crippen LogP contribution in [0.2, 0.25) is 0 Å². The van der Waals surface area contributed by atoms with Crippen LogP contribution in [0, 0.1) is 13.8 Å². The van der Waals surface area contributed by atoms with Crippen molar-refractivity contribution in [1.82, 2.24) is 0 Å². The largest absolute Gasteiger partial charge is 0.379 e. The molecule has 22 heavy (non-hydrogen) atoms. The molecule has 0 N–H and O–H groups in total. The van der Waals surface area contributed by atoms with Crippen molar-refractivity contribution < 1.29 is 12.6 Å². The van der Waals surface area contributed by atoms with E-state index in [0.717, 1.165) is 16.7 Å². The zero-order valence-electron chi connectivity index (χ0n) is 13.7. The Morgan fingerprint density at radius 1 is 0.864 bits per heavy atom. The molecule has 0 spiro atoms. The van der Waals surface area contributed by atoms with E-state index >= 15 is 0 Å². The maximum Gasteiger partial charge on any atom is 0.339 e. The Morgan fingerprint density at radius 2 is 1.41 bits per heavy atom. The van der Waals surface area contributed by atoms with Crippen molar-refractivity contribution in [2.45, 2.75) is 44.9 Å². The quantitative estimate of drug-likeness (QED) is 0.789. The molecular formula is C18H22O3S. The summed E-state index contributed by atoms with van der Waals surface area (Å²) in [7, 11) is -3.83. The average Bonchev–Trinajstić information content (AvgIpc) is 2.40. The Labute approximate surface area is 133 Å². The van der Waals surface area contributed by atoms with E-state index in [1.54, 1.807) is 30.3 Å². The Balaban J connectivity index is 2.44. The van der Waals surface area contributed by atoms with Crippen LogP contribution >= 0.6 is 0 Å². The summed E-state index contributed by atoms with van der Waals surface area (Å²) in [6, 6.07) is 12.2. The zero-order chi connectivity index (χ0) is 16.5. The van der Waals surface area contributed by atoms with Crippen molar-refractivity contribution in [3.8, 4) is 5.75 Å². The second-order valence-corrected chi connectivity index (χ2v) is 8.15. The first-order valence-electron chi connectivity index (χ1n) is 7.22. The van der Waals surface area contributed by atoms with Crippen molar-refractivity contribution in [3.05, 3.63) is 59.2 Å². The summed E-state index contributed by atoms with van der Waals surface area (Å²) in [4.78, 5) is 0.165. The molecule has 0 unspecified atom stereocenters. The summed E-state index contributed by atoms with van der Waals surface area (Å²) in [6.45, 7) is 10.00. The zero-order valence-corrected chi connectivity index (χ0v) is 14.5. The van der Waals surface area contributed by atoms with Crippen LogP contribution in [0.4, 0.5) is 0 Å². The summed E-state index contributed by atoms with van der Waals surface area (Å²) in [5.74, 6) is 0.388. The van der Waals surface area contributed by atoms with E-state index in [9.17, 15) is 8.42 Å². The minimum absolute atomic E-state index is 0.165. The van der Waals surface area contributed by atoms with Crippen LogP contribution in [0.15, 0.2) is 47.4 Å². The van der Waals surface area contributed by atoms with Gasteiger partial charge in [0.25, 0.3) is 0 Å². The summed E-state index contributed by atoms with van der Waals surface area (Å²) in [5, 5.41) is 0. The molecular weight excluding hydrogens is 296 g/mol. The van der Waals surface area contributed by atoms with Gasteiger partial charge < -0.3 is 4.18 Å². The van der Waals surface area contributed by atoms with Crippen LogP contribution in [-0.2, 0) is 15.5 Å². The normalized spacial score (nSPS) is 12.2. The minimum atomic E-state index is -3.83. The first kappa shape index (κ1) is 16.6. The molecule has 0 fully saturated rings. The summed E-state index contributed by atoms with van der Waals surface area (Å²) in [6.07, 6.45) is 0. The molecule has 0 saturated carbocycles. The van der Waals surface area contributed by atoms with Gasteiger partial charge in [0.05, 0.1) is 0 Å². The Bertz CT molecular complexity index is 767. The molecule has 2 aromatic rings. The maximum atomic E-state index is 12.5. The highest BCUT2D eigenvalue weighted by molar-refractivity contribution is 7.87. The van der Waals surface area contributed by atoms with E-state index in [0.29, 0.717) is 5.75 Å². The van der Waals surface area contributed by atoms with E-state index in [1.807, 2.05) is 46.8 Å². The second-order valence-electron chi connectivity index (χ2n) is 6.60. The van der Waals surface area contributed by atoms with Gasteiger partial charge in [-0.25, -0.2) is 0 Å². The van der Waals surface area contributed by atoms with Gasteiger partial charge >= 0.3 is 10.1 Å². The van der Waals surface area contributed by atoms with Crippen LogP contribution in [0.5, 0.6) is 5.75 Å². The number of hydrogen-bond acceptors (Lipinski definition) is 3. The van der Waals surface area contributed by atoms with E-state index in [-0.39, 0.29) is 10.3 Å². The fourth-order valence-electron chi connectivity index (χ4n) is 2.17. The van der Waals surface area contributed by atoms with Gasteiger partial charge in [-0.2, -0.15) is 8.42 Å². The second kappa shape index (κ2) is 5.76. The van der Waals surface area contributed by atoms with Gasteiger partial charge in [-0.1, -0.05) is 56.2 Å². The van der Waals surface area contributed by atoms with Crippen molar-refractivity contribution in [2.75, 3.05) is 0 Å². The van der Waals surface area contributed by atoms with E-state index in [4.69, 9.17) is 4.18 Å². The average molecular weight is 318 g/mol. The number of aryl methyl sites for hydroxylation is 2. The molecule has 2 aromatic carbocycles. The highest BCUT2D eigenvalue weighted by Crippen LogP contribution is 2.33. The number of rotatable bonds is 3. The van der Waals surface area contributed by atoms with Crippen LogP contribution in [0.1, 0.15) is 37.5 Å². The molecule has 0 aliphatic carbocycles. The molecule has 0 aromatic heterocycles. The maximum absolute atomic E-state index is 12.5. The smallest absolute Gasteiger partial charge is 0.339 e. The molecule has 0 aliphatic heterocycles. The van der Waals surface area contributed by atoms with Gasteiger partial charge in [-0.15, -0.1) is 0 Å². The topological polar surface area (TPSA) is 43.4 Å². The molecule has 0 aliphatic rings. The lowest BCUT2D eigenvalue weighted by atomic mass is 9.85. The highest BCUT2D eigenvalue weighted by atomic mass is 32.2. The predicted molar refractivity (Wildman–Crippen MR) is 88.9 cm³/mol. The van der Waals surface area contributed by atoms with E-state index in [1.165, 1.54) is 0 Å². The van der Waals surface area contributed by atoms with Gasteiger partial charge in [-0.3, -0.25) is 0 Å². The number of benzene rings is 2. The summed E-state index contributed by atoms with van der Waals surface area (Å²) < 4.78 is 30.3. The van der Waals surface area contributed by atoms with Gasteiger partial charge in [0, 0.05) is 5.56 Å². The molecule has 0 saturated heterocycles. The van der Waals surface area contributed by atoms with E-state index < -0.39 is 10.1 Å². The third kappa shape index (κ3) is 3.69. The molecule has 0 heterocycles. The van der Waals surface area contributed by atoms with Crippen LogP contribution in [0.3, 0.4) is 0 Å². The first-order valence-corrected chi connectivity index (χ1v) is 8.63. The molecule has 0 radical (unpaired) electrons. The summed E-state index contributed by atoms with van der Waals surface area (Å²) >= 11 is 0. The summed E-state index contributed by atoms with van der Waals surface area (Å²) in [5.41, 5.74) is 2.75. The first-order chi connectivity index (χ1) is 10.1. The van der Waals surface area contributed by atoms with Gasteiger partial charge in [-0.05, 0) is 37.5 Å². The third-order valence-electron chi connectivity index (χ3n) is 3.45. The highest BCUT2D eigenvalue weighted by Gasteiger charge is 2.24. The molecule has 0 amide bonds. The fraction of sp³-hybridized carbons (Fsp3) is 0.333. The minimum Gasteiger partial charge on any atom is -0.379 e. The lowest BCUT2D eigenvalue weighted by Crippen LogP contribution is -2.17. The van der Waals surface area contributed by atoms with Crippen molar-refractivity contribution in [1.29, 1.82) is 0 Å². The lowest BCUT2D eigenvalue weighted by Gasteiger charge is -2.23.